The molecule has 2 rings (SSSR count). The fourth-order valence-corrected chi connectivity index (χ4v) is 4.53. The molecule has 1 aliphatic carbocycles. The number of fused-ring (bicyclic) bond motifs is 1. The number of aliphatic carboxylic acids is 2. The third kappa shape index (κ3) is 2.38. The van der Waals surface area contributed by atoms with E-state index in [9.17, 15) is 19.8 Å². The fourth-order valence-electron chi connectivity index (χ4n) is 2.46. The molecule has 2 aliphatic rings. The van der Waals surface area contributed by atoms with Crippen molar-refractivity contribution in [3.05, 3.63) is 33.2 Å². The number of thioether (sulfide) groups is 1. The largest absolute Gasteiger partial charge is 0.480 e. The molecular formula is C15H17BrO4S. The molecule has 0 radical (unpaired) electrons. The molecule has 114 valence electrons. The predicted molar refractivity (Wildman–Crippen MR) is 86.3 cm³/mol. The van der Waals surface area contributed by atoms with Gasteiger partial charge in [-0.1, -0.05) is 36.7 Å². The van der Waals surface area contributed by atoms with Crippen molar-refractivity contribution in [1.82, 2.24) is 0 Å². The molecular weight excluding hydrogens is 356 g/mol. The van der Waals surface area contributed by atoms with E-state index in [0.717, 1.165) is 5.57 Å². The minimum absolute atomic E-state index is 0.543. The molecule has 21 heavy (non-hydrogen) atoms. The number of hydrogen-bond donors (Lipinski definition) is 2. The summed E-state index contributed by atoms with van der Waals surface area (Å²) in [5.41, 5.74) is -0.958. The van der Waals surface area contributed by atoms with Crippen molar-refractivity contribution in [1.29, 1.82) is 0 Å². The molecule has 0 saturated carbocycles. The third-order valence-electron chi connectivity index (χ3n) is 4.00. The molecule has 2 atom stereocenters. The van der Waals surface area contributed by atoms with Crippen molar-refractivity contribution >= 4 is 39.6 Å². The summed E-state index contributed by atoms with van der Waals surface area (Å²) in [4.78, 5) is 24.0. The van der Waals surface area contributed by atoms with E-state index < -0.39 is 27.5 Å². The van der Waals surface area contributed by atoms with Crippen LogP contribution in [-0.4, -0.2) is 26.9 Å². The van der Waals surface area contributed by atoms with Crippen molar-refractivity contribution in [2.24, 2.45) is 10.8 Å². The number of halogens is 1. The Morgan fingerprint density at radius 1 is 1.14 bits per heavy atom. The average molecular weight is 373 g/mol. The van der Waals surface area contributed by atoms with E-state index in [1.54, 1.807) is 25.2 Å². The van der Waals surface area contributed by atoms with E-state index in [1.165, 1.54) is 11.8 Å². The highest BCUT2D eigenvalue weighted by atomic mass is 79.9. The summed E-state index contributed by atoms with van der Waals surface area (Å²) in [7, 11) is 0. The summed E-state index contributed by atoms with van der Waals surface area (Å²) in [5.74, 6) is -1.88. The Morgan fingerprint density at radius 2 is 1.71 bits per heavy atom. The Hall–Kier alpha value is -1.01. The van der Waals surface area contributed by atoms with E-state index in [1.807, 2.05) is 20.8 Å². The van der Waals surface area contributed by atoms with E-state index in [-0.39, 0.29) is 0 Å². The Kier molecular flexibility index (Phi) is 3.70. The highest BCUT2D eigenvalue weighted by Gasteiger charge is 2.51. The summed E-state index contributed by atoms with van der Waals surface area (Å²) in [6, 6.07) is 0. The van der Waals surface area contributed by atoms with Gasteiger partial charge in [-0.25, -0.2) is 0 Å². The molecule has 0 bridgehead atoms. The highest BCUT2D eigenvalue weighted by Crippen LogP contribution is 2.56. The fraction of sp³-hybridized carbons (Fsp3) is 0.467. The van der Waals surface area contributed by atoms with Crippen LogP contribution in [0.2, 0.25) is 0 Å². The molecule has 0 saturated heterocycles. The monoisotopic (exact) mass is 372 g/mol. The second-order valence-electron chi connectivity index (χ2n) is 6.50. The second-order valence-corrected chi connectivity index (χ2v) is 8.84. The maximum Gasteiger partial charge on any atom is 0.323 e. The summed E-state index contributed by atoms with van der Waals surface area (Å²) >= 11 is 4.59. The Bertz CT molecular complexity index is 626. The summed E-state index contributed by atoms with van der Waals surface area (Å²) in [5, 5.41) is 19.1. The lowest BCUT2D eigenvalue weighted by molar-refractivity contribution is -0.148. The predicted octanol–water partition coefficient (Wildman–Crippen LogP) is 3.80. The minimum Gasteiger partial charge on any atom is -0.480 e. The maximum absolute atomic E-state index is 11.9. The lowest BCUT2D eigenvalue weighted by Crippen LogP contribution is -2.41. The Labute approximate surface area is 136 Å². The Balaban J connectivity index is 2.63. The van der Waals surface area contributed by atoms with Crippen LogP contribution in [0.4, 0.5) is 0 Å². The molecule has 1 aliphatic heterocycles. The average Bonchev–Trinajstić information content (AvgIpc) is 2.65. The number of carbonyl (C=O) groups is 2. The zero-order valence-electron chi connectivity index (χ0n) is 12.2. The van der Waals surface area contributed by atoms with E-state index in [0.29, 0.717) is 9.39 Å². The maximum atomic E-state index is 11.9. The van der Waals surface area contributed by atoms with Gasteiger partial charge in [0.15, 0.2) is 0 Å². The van der Waals surface area contributed by atoms with Gasteiger partial charge in [0.2, 0.25) is 0 Å². The van der Waals surface area contributed by atoms with Crippen LogP contribution in [0.1, 0.15) is 27.7 Å². The van der Waals surface area contributed by atoms with Gasteiger partial charge in [0, 0.05) is 9.39 Å². The van der Waals surface area contributed by atoms with Crippen molar-refractivity contribution in [3.63, 3.8) is 0 Å². The van der Waals surface area contributed by atoms with Crippen LogP contribution in [0, 0.1) is 10.8 Å². The van der Waals surface area contributed by atoms with Gasteiger partial charge in [-0.05, 0) is 36.1 Å². The molecule has 0 fully saturated rings. The van der Waals surface area contributed by atoms with Crippen molar-refractivity contribution in [2.75, 3.05) is 0 Å². The molecule has 0 aromatic carbocycles. The van der Waals surface area contributed by atoms with Gasteiger partial charge in [0.25, 0.3) is 0 Å². The smallest absolute Gasteiger partial charge is 0.323 e. The van der Waals surface area contributed by atoms with Gasteiger partial charge in [0.05, 0.1) is 0 Å². The van der Waals surface area contributed by atoms with Crippen LogP contribution < -0.4 is 0 Å². The first-order chi connectivity index (χ1) is 9.43. The van der Waals surface area contributed by atoms with Crippen molar-refractivity contribution < 1.29 is 19.8 Å². The first-order valence-electron chi connectivity index (χ1n) is 6.43. The van der Waals surface area contributed by atoms with Gasteiger partial charge >= 0.3 is 11.9 Å². The SMILES string of the molecule is CC(C)(C)[C@@]1(C(=O)O)C=C(Br)C2=C[C@@](C)(C(=O)O)SC2=C1. The van der Waals surface area contributed by atoms with Crippen molar-refractivity contribution in [3.8, 4) is 0 Å². The number of carboxylic acid groups (broad SMARTS) is 2. The number of hydrogen-bond acceptors (Lipinski definition) is 3. The lowest BCUT2D eigenvalue weighted by atomic mass is 9.64. The zero-order valence-corrected chi connectivity index (χ0v) is 14.6. The van der Waals surface area contributed by atoms with Crippen LogP contribution in [0.3, 0.4) is 0 Å². The minimum atomic E-state index is -1.17. The Morgan fingerprint density at radius 3 is 2.14 bits per heavy atom. The number of carboxylic acids is 2. The van der Waals surface area contributed by atoms with Crippen LogP contribution in [0.5, 0.6) is 0 Å². The molecule has 4 nitrogen and oxygen atoms in total. The van der Waals surface area contributed by atoms with Gasteiger partial charge in [0.1, 0.15) is 10.2 Å². The third-order valence-corrected chi connectivity index (χ3v) is 5.93. The molecule has 0 amide bonds. The summed E-state index contributed by atoms with van der Waals surface area (Å²) in [6.45, 7) is 7.20. The van der Waals surface area contributed by atoms with E-state index in [2.05, 4.69) is 15.9 Å². The molecule has 0 aromatic rings. The molecule has 0 unspecified atom stereocenters. The first kappa shape index (κ1) is 16.4. The quantitative estimate of drug-likeness (QED) is 0.770. The molecule has 0 aromatic heterocycles. The van der Waals surface area contributed by atoms with Crippen LogP contribution in [0.25, 0.3) is 0 Å². The molecule has 1 heterocycles. The van der Waals surface area contributed by atoms with E-state index in [4.69, 9.17) is 0 Å². The highest BCUT2D eigenvalue weighted by molar-refractivity contribution is 9.12. The van der Waals surface area contributed by atoms with Crippen LogP contribution in [0.15, 0.2) is 33.2 Å². The first-order valence-corrected chi connectivity index (χ1v) is 8.04. The second kappa shape index (κ2) is 4.74. The molecule has 6 heteroatoms. The summed E-state index contributed by atoms with van der Waals surface area (Å²) < 4.78 is -0.435. The van der Waals surface area contributed by atoms with Gasteiger partial charge in [-0.15, -0.1) is 11.8 Å². The van der Waals surface area contributed by atoms with Gasteiger partial charge in [-0.3, -0.25) is 9.59 Å². The molecule has 2 N–H and O–H groups in total. The summed E-state index contributed by atoms with van der Waals surface area (Å²) in [6.07, 6.45) is 5.02. The van der Waals surface area contributed by atoms with Crippen LogP contribution >= 0.6 is 27.7 Å². The zero-order chi connectivity index (χ0) is 16.2. The van der Waals surface area contributed by atoms with Gasteiger partial charge < -0.3 is 10.2 Å². The van der Waals surface area contributed by atoms with Gasteiger partial charge in [-0.2, -0.15) is 0 Å². The van der Waals surface area contributed by atoms with Crippen LogP contribution in [-0.2, 0) is 9.59 Å². The van der Waals surface area contributed by atoms with E-state index >= 15 is 0 Å². The number of allylic oxidation sites excluding steroid dienone is 2. The standard InChI is InChI=1S/C15H17BrO4S/c1-13(2,3)15(12(19)20)6-9(16)8-5-14(4,11(17)18)21-10(8)7-15/h5-7H,1-4H3,(H,17,18)(H,19,20)/t14-,15-/m0/s1. The van der Waals surface area contributed by atoms with Crippen molar-refractivity contribution in [2.45, 2.75) is 32.4 Å². The normalized spacial score (nSPS) is 32.0. The molecule has 0 spiro atoms. The number of rotatable bonds is 2. The topological polar surface area (TPSA) is 74.6 Å². The lowest BCUT2D eigenvalue weighted by Gasteiger charge is -2.39.